The van der Waals surface area contributed by atoms with Crippen molar-refractivity contribution in [1.29, 1.82) is 0 Å². The second kappa shape index (κ2) is 13.0. The number of amides is 2. The molecule has 1 aliphatic rings. The number of methoxy groups -OCH3 is 1. The molecule has 2 amide bonds. The number of likely N-dealkylation sites (tertiary alicyclic amines) is 1. The van der Waals surface area contributed by atoms with E-state index in [4.69, 9.17) is 10.5 Å². The van der Waals surface area contributed by atoms with Crippen molar-refractivity contribution in [2.45, 2.75) is 51.7 Å². The number of rotatable bonds is 7. The van der Waals surface area contributed by atoms with E-state index in [1.807, 2.05) is 69.3 Å². The fraction of sp³-hybridized carbons (Fsp3) is 0.333. The molecule has 0 aliphatic carbocycles. The van der Waals surface area contributed by atoms with Crippen LogP contribution in [0.1, 0.15) is 68.5 Å². The number of hydrogen-bond acceptors (Lipinski definition) is 6. The van der Waals surface area contributed by atoms with Crippen LogP contribution < -0.4 is 11.1 Å². The third kappa shape index (κ3) is 6.79. The standard InChI is InChI=1S/C33H37N7O3/c1-20(2)29(39-33(42)43-4)32(41)40-17-5-6-28(40)31-36-19-27(38-31)25-15-11-23(12-16-25)8-7-22-9-13-24(14-10-22)26-18-35-30(37-26)21(3)34/h9-16,18-21,28-29H,5-6,17,34H2,1-4H3,(H,35,37)(H,36,38)(H,39,42)/t21-,28-,29-/m0/s1. The van der Waals surface area contributed by atoms with Gasteiger partial charge in [-0.1, -0.05) is 50.0 Å². The first-order valence-corrected chi connectivity index (χ1v) is 14.5. The first-order valence-electron chi connectivity index (χ1n) is 14.5. The number of nitrogens with two attached hydrogens (primary N) is 1. The number of carbonyl (C=O) groups is 2. The number of carbonyl (C=O) groups excluding carboxylic acids is 2. The molecule has 1 saturated heterocycles. The molecule has 4 aromatic rings. The summed E-state index contributed by atoms with van der Waals surface area (Å²) >= 11 is 0. The Morgan fingerprint density at radius 2 is 1.53 bits per heavy atom. The largest absolute Gasteiger partial charge is 0.453 e. The van der Waals surface area contributed by atoms with Gasteiger partial charge in [0.25, 0.3) is 0 Å². The first kappa shape index (κ1) is 29.6. The minimum absolute atomic E-state index is 0.0861. The van der Waals surface area contributed by atoms with E-state index in [0.29, 0.717) is 6.54 Å². The van der Waals surface area contributed by atoms with Crippen molar-refractivity contribution in [3.8, 4) is 34.4 Å². The number of nitrogens with one attached hydrogen (secondary N) is 3. The lowest BCUT2D eigenvalue weighted by atomic mass is 10.0. The third-order valence-electron chi connectivity index (χ3n) is 7.61. The van der Waals surface area contributed by atoms with Gasteiger partial charge in [0.2, 0.25) is 5.91 Å². The molecule has 222 valence electrons. The predicted molar refractivity (Wildman–Crippen MR) is 164 cm³/mol. The molecule has 1 aliphatic heterocycles. The van der Waals surface area contributed by atoms with E-state index in [0.717, 1.165) is 58.1 Å². The highest BCUT2D eigenvalue weighted by Crippen LogP contribution is 2.32. The van der Waals surface area contributed by atoms with Crippen LogP contribution in [0.25, 0.3) is 22.5 Å². The van der Waals surface area contributed by atoms with E-state index in [9.17, 15) is 9.59 Å². The molecular weight excluding hydrogens is 542 g/mol. The zero-order valence-corrected chi connectivity index (χ0v) is 24.8. The number of ether oxygens (including phenoxy) is 1. The summed E-state index contributed by atoms with van der Waals surface area (Å²) in [5, 5.41) is 2.68. The smallest absolute Gasteiger partial charge is 0.407 e. The summed E-state index contributed by atoms with van der Waals surface area (Å²) < 4.78 is 4.73. The summed E-state index contributed by atoms with van der Waals surface area (Å²) in [6.45, 7) is 6.31. The van der Waals surface area contributed by atoms with Gasteiger partial charge < -0.3 is 30.7 Å². The number of alkyl carbamates (subject to hydrolysis) is 1. The van der Waals surface area contributed by atoms with Gasteiger partial charge in [0.15, 0.2) is 0 Å². The summed E-state index contributed by atoms with van der Waals surface area (Å²) in [6.07, 6.45) is 4.63. The van der Waals surface area contributed by atoms with E-state index in [2.05, 4.69) is 37.1 Å². The van der Waals surface area contributed by atoms with Gasteiger partial charge in [-0.3, -0.25) is 4.79 Å². The lowest BCUT2D eigenvalue weighted by molar-refractivity contribution is -0.135. The normalized spacial score (nSPS) is 16.0. The monoisotopic (exact) mass is 579 g/mol. The van der Waals surface area contributed by atoms with Crippen molar-refractivity contribution < 1.29 is 14.3 Å². The third-order valence-corrected chi connectivity index (χ3v) is 7.61. The van der Waals surface area contributed by atoms with E-state index in [1.165, 1.54) is 7.11 Å². The molecule has 0 unspecified atom stereocenters. The fourth-order valence-corrected chi connectivity index (χ4v) is 5.17. The number of benzene rings is 2. The summed E-state index contributed by atoms with van der Waals surface area (Å²) in [6, 6.07) is 15.0. The fourth-order valence-electron chi connectivity index (χ4n) is 5.17. The van der Waals surface area contributed by atoms with Crippen LogP contribution in [-0.4, -0.2) is 56.5 Å². The molecule has 43 heavy (non-hydrogen) atoms. The minimum Gasteiger partial charge on any atom is -0.453 e. The van der Waals surface area contributed by atoms with E-state index >= 15 is 0 Å². The molecular formula is C33H37N7O3. The molecule has 2 aromatic carbocycles. The zero-order valence-electron chi connectivity index (χ0n) is 24.8. The van der Waals surface area contributed by atoms with Gasteiger partial charge in [0.05, 0.1) is 43.0 Å². The van der Waals surface area contributed by atoms with Crippen molar-refractivity contribution in [2.75, 3.05) is 13.7 Å². The van der Waals surface area contributed by atoms with E-state index in [1.54, 1.807) is 17.3 Å². The quantitative estimate of drug-likeness (QED) is 0.229. The van der Waals surface area contributed by atoms with E-state index < -0.39 is 12.1 Å². The number of aromatic amines is 2. The van der Waals surface area contributed by atoms with Crippen molar-refractivity contribution in [3.05, 3.63) is 83.7 Å². The van der Waals surface area contributed by atoms with Crippen LogP contribution in [0.2, 0.25) is 0 Å². The molecule has 10 nitrogen and oxygen atoms in total. The zero-order chi connectivity index (χ0) is 30.5. The number of imidazole rings is 2. The molecule has 5 N–H and O–H groups in total. The second-order valence-electron chi connectivity index (χ2n) is 11.1. The van der Waals surface area contributed by atoms with Crippen LogP contribution in [0.15, 0.2) is 60.9 Å². The predicted octanol–water partition coefficient (Wildman–Crippen LogP) is 4.93. The van der Waals surface area contributed by atoms with Crippen LogP contribution in [0.4, 0.5) is 4.79 Å². The average Bonchev–Trinajstić information content (AvgIpc) is 3.80. The van der Waals surface area contributed by atoms with Gasteiger partial charge in [-0.25, -0.2) is 14.8 Å². The van der Waals surface area contributed by atoms with Crippen LogP contribution in [0, 0.1) is 17.8 Å². The Morgan fingerprint density at radius 3 is 2.07 bits per heavy atom. The van der Waals surface area contributed by atoms with Gasteiger partial charge >= 0.3 is 6.09 Å². The number of H-pyrrole nitrogens is 2. The molecule has 2 aromatic heterocycles. The molecule has 0 spiro atoms. The van der Waals surface area contributed by atoms with Gasteiger partial charge in [0.1, 0.15) is 17.7 Å². The summed E-state index contributed by atoms with van der Waals surface area (Å²) in [5.74, 6) is 7.73. The number of nitrogens with zero attached hydrogens (tertiary/aromatic N) is 3. The maximum atomic E-state index is 13.4. The average molecular weight is 580 g/mol. The topological polar surface area (TPSA) is 142 Å². The molecule has 3 atom stereocenters. The van der Waals surface area contributed by atoms with Crippen LogP contribution >= 0.6 is 0 Å². The molecule has 3 heterocycles. The Bertz CT molecular complexity index is 1630. The minimum atomic E-state index is -0.668. The summed E-state index contributed by atoms with van der Waals surface area (Å²) in [4.78, 5) is 42.7. The highest BCUT2D eigenvalue weighted by molar-refractivity contribution is 5.86. The van der Waals surface area contributed by atoms with Gasteiger partial charge in [-0.05, 0) is 61.1 Å². The number of hydrogen-bond donors (Lipinski definition) is 4. The lowest BCUT2D eigenvalue weighted by Crippen LogP contribution is -2.51. The molecule has 10 heteroatoms. The van der Waals surface area contributed by atoms with Crippen molar-refractivity contribution >= 4 is 12.0 Å². The Kier molecular flexibility index (Phi) is 8.93. The summed E-state index contributed by atoms with van der Waals surface area (Å²) in [5.41, 5.74) is 11.5. The highest BCUT2D eigenvalue weighted by Gasteiger charge is 2.37. The molecule has 5 rings (SSSR count). The lowest BCUT2D eigenvalue weighted by Gasteiger charge is -2.30. The highest BCUT2D eigenvalue weighted by atomic mass is 16.5. The molecule has 0 radical (unpaired) electrons. The van der Waals surface area contributed by atoms with Crippen LogP contribution in [0.5, 0.6) is 0 Å². The molecule has 0 saturated carbocycles. The van der Waals surface area contributed by atoms with Gasteiger partial charge in [-0.15, -0.1) is 0 Å². The second-order valence-corrected chi connectivity index (χ2v) is 11.1. The Morgan fingerprint density at radius 1 is 0.953 bits per heavy atom. The maximum absolute atomic E-state index is 13.4. The van der Waals surface area contributed by atoms with Crippen molar-refractivity contribution in [1.82, 2.24) is 30.2 Å². The molecule has 0 bridgehead atoms. The van der Waals surface area contributed by atoms with E-state index in [-0.39, 0.29) is 23.9 Å². The Labute approximate surface area is 251 Å². The van der Waals surface area contributed by atoms with Crippen LogP contribution in [0.3, 0.4) is 0 Å². The number of aromatic nitrogens is 4. The Hall–Kier alpha value is -4.88. The van der Waals surface area contributed by atoms with Crippen molar-refractivity contribution in [2.24, 2.45) is 11.7 Å². The van der Waals surface area contributed by atoms with Gasteiger partial charge in [-0.2, -0.15) is 0 Å². The van der Waals surface area contributed by atoms with Crippen LogP contribution in [-0.2, 0) is 9.53 Å². The maximum Gasteiger partial charge on any atom is 0.407 e. The Balaban J connectivity index is 1.24. The SMILES string of the molecule is COC(=O)N[C@H](C(=O)N1CCC[C@H]1c1ncc(-c2ccc(C#Cc3ccc(-c4cnc([C@H](C)N)[nH]4)cc3)cc2)[nH]1)C(C)C. The summed E-state index contributed by atoms with van der Waals surface area (Å²) in [7, 11) is 1.29. The van der Waals surface area contributed by atoms with Gasteiger partial charge in [0, 0.05) is 17.7 Å². The molecule has 1 fully saturated rings. The first-order chi connectivity index (χ1) is 20.7. The van der Waals surface area contributed by atoms with Crippen molar-refractivity contribution in [3.63, 3.8) is 0 Å².